The Kier molecular flexibility index (Phi) is 3.94. The quantitative estimate of drug-likeness (QED) is 0.617. The number of anilines is 1. The summed E-state index contributed by atoms with van der Waals surface area (Å²) >= 11 is 3.28. The van der Waals surface area contributed by atoms with Crippen LogP contribution in [0.4, 0.5) is 5.82 Å². The number of hydrogen-bond acceptors (Lipinski definition) is 3. The van der Waals surface area contributed by atoms with Gasteiger partial charge in [-0.05, 0) is 15.9 Å². The minimum atomic E-state index is -0.191. The number of hydrogen-bond donors (Lipinski definition) is 2. The monoisotopic (exact) mass is 262 g/mol. The van der Waals surface area contributed by atoms with Crippen LogP contribution in [0.25, 0.3) is 0 Å². The highest BCUT2D eigenvalue weighted by atomic mass is 79.9. The molecule has 0 saturated carbocycles. The van der Waals surface area contributed by atoms with Gasteiger partial charge in [0.15, 0.2) is 12.4 Å². The Hall–Kier alpha value is -1.04. The second-order valence-corrected chi connectivity index (χ2v) is 3.73. The molecule has 3 N–H and O–H groups in total. The number of ether oxygens (including phenoxy) is 1. The van der Waals surface area contributed by atoms with Gasteiger partial charge in [-0.1, -0.05) is 0 Å². The van der Waals surface area contributed by atoms with E-state index in [1.807, 2.05) is 10.9 Å². The van der Waals surface area contributed by atoms with E-state index in [0.29, 0.717) is 18.8 Å². The first-order chi connectivity index (χ1) is 6.63. The van der Waals surface area contributed by atoms with Crippen LogP contribution >= 0.6 is 15.9 Å². The minimum Gasteiger partial charge on any atom is -0.469 e. The molecule has 1 rings (SSSR count). The van der Waals surface area contributed by atoms with Gasteiger partial charge in [-0.3, -0.25) is 4.79 Å². The van der Waals surface area contributed by atoms with Crippen LogP contribution in [0.15, 0.2) is 10.7 Å². The zero-order valence-corrected chi connectivity index (χ0v) is 9.50. The molecule has 0 aromatic carbocycles. The standard InChI is InChI=1S/C8H12BrN3O2/c1-14-7(13)3-2-4-12-5-6(9)8(10)11-12/h5H,2-4H2,1H3,(H2,10,11)/p+1. The summed E-state index contributed by atoms with van der Waals surface area (Å²) < 4.78 is 7.18. The number of esters is 1. The van der Waals surface area contributed by atoms with Crippen molar-refractivity contribution in [3.63, 3.8) is 0 Å². The molecular formula is C8H13BrN3O2+. The van der Waals surface area contributed by atoms with Gasteiger partial charge in [0, 0.05) is 6.42 Å². The molecule has 0 radical (unpaired) electrons. The number of H-pyrrole nitrogens is 1. The van der Waals surface area contributed by atoms with Crippen LogP contribution in [0.2, 0.25) is 0 Å². The number of aryl methyl sites for hydroxylation is 1. The van der Waals surface area contributed by atoms with E-state index in [1.54, 1.807) is 0 Å². The molecule has 6 heteroatoms. The molecule has 1 aromatic rings. The molecule has 0 bridgehead atoms. The van der Waals surface area contributed by atoms with Gasteiger partial charge in [0.05, 0.1) is 13.5 Å². The molecule has 0 atom stereocenters. The molecule has 5 nitrogen and oxygen atoms in total. The highest BCUT2D eigenvalue weighted by molar-refractivity contribution is 9.10. The Morgan fingerprint density at radius 3 is 3.00 bits per heavy atom. The number of nitrogens with one attached hydrogen (secondary N) is 1. The summed E-state index contributed by atoms with van der Waals surface area (Å²) in [7, 11) is 1.39. The van der Waals surface area contributed by atoms with Gasteiger partial charge in [-0.15, -0.1) is 9.78 Å². The van der Waals surface area contributed by atoms with E-state index in [0.717, 1.165) is 10.9 Å². The lowest BCUT2D eigenvalue weighted by molar-refractivity contribution is -0.749. The predicted molar refractivity (Wildman–Crippen MR) is 54.4 cm³/mol. The van der Waals surface area contributed by atoms with Crippen molar-refractivity contribution in [2.75, 3.05) is 12.8 Å². The maximum absolute atomic E-state index is 10.8. The lowest BCUT2D eigenvalue weighted by Gasteiger charge is -1.94. The molecule has 0 fully saturated rings. The van der Waals surface area contributed by atoms with Crippen molar-refractivity contribution in [2.24, 2.45) is 0 Å². The Bertz CT molecular complexity index is 305. The first-order valence-electron chi connectivity index (χ1n) is 4.23. The lowest BCUT2D eigenvalue weighted by Crippen LogP contribution is -2.35. The van der Waals surface area contributed by atoms with Gasteiger partial charge in [0.2, 0.25) is 6.20 Å². The molecule has 0 spiro atoms. The fraction of sp³-hybridized carbons (Fsp3) is 0.500. The molecule has 0 aliphatic rings. The average Bonchev–Trinajstić information content (AvgIpc) is 2.46. The second-order valence-electron chi connectivity index (χ2n) is 2.88. The van der Waals surface area contributed by atoms with Crippen molar-refractivity contribution < 1.29 is 14.2 Å². The van der Waals surface area contributed by atoms with E-state index in [2.05, 4.69) is 25.8 Å². The SMILES string of the molecule is COC(=O)CCC[n+]1cc(Br)c(N)[nH]1. The van der Waals surface area contributed by atoms with Crippen LogP contribution < -0.4 is 10.4 Å². The van der Waals surface area contributed by atoms with E-state index in [9.17, 15) is 4.79 Å². The van der Waals surface area contributed by atoms with Crippen LogP contribution in [0.3, 0.4) is 0 Å². The maximum atomic E-state index is 10.8. The molecule has 1 heterocycles. The van der Waals surface area contributed by atoms with Crippen molar-refractivity contribution in [2.45, 2.75) is 19.4 Å². The van der Waals surface area contributed by atoms with Crippen molar-refractivity contribution in [3.05, 3.63) is 10.7 Å². The van der Waals surface area contributed by atoms with Crippen molar-refractivity contribution in [1.82, 2.24) is 5.10 Å². The van der Waals surface area contributed by atoms with Gasteiger partial charge >= 0.3 is 5.97 Å². The zero-order chi connectivity index (χ0) is 10.6. The number of nitrogens with two attached hydrogens (primary N) is 1. The predicted octanol–water partition coefficient (Wildman–Crippen LogP) is 0.600. The topological polar surface area (TPSA) is 72.0 Å². The molecule has 78 valence electrons. The van der Waals surface area contributed by atoms with Crippen LogP contribution in [0.1, 0.15) is 12.8 Å². The van der Waals surface area contributed by atoms with Crippen LogP contribution in [-0.4, -0.2) is 18.2 Å². The Balaban J connectivity index is 2.35. The largest absolute Gasteiger partial charge is 0.469 e. The van der Waals surface area contributed by atoms with Crippen molar-refractivity contribution >= 4 is 27.7 Å². The summed E-state index contributed by atoms with van der Waals surface area (Å²) in [6.45, 7) is 0.713. The number of carbonyl (C=O) groups excluding carboxylic acids is 1. The summed E-state index contributed by atoms with van der Waals surface area (Å²) in [4.78, 5) is 10.8. The highest BCUT2D eigenvalue weighted by Crippen LogP contribution is 2.12. The third kappa shape index (κ3) is 3.02. The van der Waals surface area contributed by atoms with Crippen molar-refractivity contribution in [3.8, 4) is 0 Å². The molecule has 0 amide bonds. The lowest BCUT2D eigenvalue weighted by atomic mass is 10.3. The normalized spacial score (nSPS) is 10.1. The van der Waals surface area contributed by atoms with E-state index < -0.39 is 0 Å². The number of aromatic amines is 1. The van der Waals surface area contributed by atoms with E-state index in [4.69, 9.17) is 5.73 Å². The Morgan fingerprint density at radius 2 is 2.50 bits per heavy atom. The zero-order valence-electron chi connectivity index (χ0n) is 7.92. The van der Waals surface area contributed by atoms with Gasteiger partial charge in [-0.25, -0.2) is 0 Å². The number of carbonyl (C=O) groups is 1. The fourth-order valence-electron chi connectivity index (χ4n) is 1.06. The maximum Gasteiger partial charge on any atom is 0.305 e. The van der Waals surface area contributed by atoms with Gasteiger partial charge < -0.3 is 10.5 Å². The Morgan fingerprint density at radius 1 is 1.79 bits per heavy atom. The van der Waals surface area contributed by atoms with Crippen LogP contribution in [-0.2, 0) is 16.1 Å². The number of nitrogen functional groups attached to an aromatic ring is 1. The molecule has 1 aromatic heterocycles. The summed E-state index contributed by atoms with van der Waals surface area (Å²) in [6.07, 6.45) is 2.98. The van der Waals surface area contributed by atoms with Gasteiger partial charge in [0.1, 0.15) is 4.47 Å². The third-order valence-corrected chi connectivity index (χ3v) is 2.43. The van der Waals surface area contributed by atoms with Gasteiger partial charge in [0.25, 0.3) is 0 Å². The number of methoxy groups -OCH3 is 1. The van der Waals surface area contributed by atoms with E-state index >= 15 is 0 Å². The number of halogens is 1. The molecule has 0 saturated heterocycles. The van der Waals surface area contributed by atoms with Gasteiger partial charge in [-0.2, -0.15) is 0 Å². The Labute approximate surface area is 90.3 Å². The number of rotatable bonds is 4. The van der Waals surface area contributed by atoms with Crippen LogP contribution in [0, 0.1) is 0 Å². The molecular weight excluding hydrogens is 250 g/mol. The average molecular weight is 263 g/mol. The number of aromatic nitrogens is 2. The second kappa shape index (κ2) is 4.99. The first-order valence-corrected chi connectivity index (χ1v) is 5.03. The molecule has 0 aliphatic carbocycles. The molecule has 0 aliphatic heterocycles. The first kappa shape index (κ1) is 11.0. The summed E-state index contributed by atoms with van der Waals surface area (Å²) in [5.74, 6) is 0.396. The highest BCUT2D eigenvalue weighted by Gasteiger charge is 2.10. The number of nitrogens with zero attached hydrogens (tertiary/aromatic N) is 1. The van der Waals surface area contributed by atoms with E-state index in [-0.39, 0.29) is 5.97 Å². The van der Waals surface area contributed by atoms with Crippen molar-refractivity contribution in [1.29, 1.82) is 0 Å². The minimum absolute atomic E-state index is 0.191. The molecule has 14 heavy (non-hydrogen) atoms. The van der Waals surface area contributed by atoms with Crippen LogP contribution in [0.5, 0.6) is 0 Å². The van der Waals surface area contributed by atoms with E-state index in [1.165, 1.54) is 7.11 Å². The summed E-state index contributed by atoms with van der Waals surface area (Å²) in [5.41, 5.74) is 5.58. The summed E-state index contributed by atoms with van der Waals surface area (Å²) in [6, 6.07) is 0. The third-order valence-electron chi connectivity index (χ3n) is 1.80. The summed E-state index contributed by atoms with van der Waals surface area (Å²) in [5, 5.41) is 2.93. The smallest absolute Gasteiger partial charge is 0.305 e. The molecule has 0 unspecified atom stereocenters. The fourth-order valence-corrected chi connectivity index (χ4v) is 1.40.